The Labute approximate surface area is 247 Å². The number of carbonyl (C=O) groups is 3. The predicted molar refractivity (Wildman–Crippen MR) is 162 cm³/mol. The zero-order chi connectivity index (χ0) is 28.9. The predicted octanol–water partition coefficient (Wildman–Crippen LogP) is 3.50. The number of nitrogens with one attached hydrogen (secondary N) is 2. The van der Waals surface area contributed by atoms with E-state index in [1.54, 1.807) is 13.0 Å². The number of ether oxygens (including phenoxy) is 1. The summed E-state index contributed by atoms with van der Waals surface area (Å²) in [4.78, 5) is 50.1. The number of aliphatic hydroxyl groups is 1. The van der Waals surface area contributed by atoms with Crippen LogP contribution >= 0.6 is 35.7 Å². The van der Waals surface area contributed by atoms with Crippen LogP contribution in [0.2, 0.25) is 0 Å². The molecule has 0 saturated carbocycles. The summed E-state index contributed by atoms with van der Waals surface area (Å²) >= 11 is 7.08. The topological polar surface area (TPSA) is 130 Å². The first kappa shape index (κ1) is 30.3. The van der Waals surface area contributed by atoms with Crippen molar-refractivity contribution in [3.63, 3.8) is 0 Å². The van der Waals surface area contributed by atoms with Gasteiger partial charge >= 0.3 is 5.97 Å². The highest BCUT2D eigenvalue weighted by Crippen LogP contribution is 2.38. The molecular formula is C28H34N4O5S3. The summed E-state index contributed by atoms with van der Waals surface area (Å²) in [6.07, 6.45) is 3.31. The van der Waals surface area contributed by atoms with Gasteiger partial charge in [0.2, 0.25) is 11.8 Å². The van der Waals surface area contributed by atoms with Gasteiger partial charge < -0.3 is 20.5 Å². The Kier molecular flexibility index (Phi) is 10.1. The molecule has 2 amide bonds. The summed E-state index contributed by atoms with van der Waals surface area (Å²) in [7, 11) is 0. The second-order valence-electron chi connectivity index (χ2n) is 10.2. The van der Waals surface area contributed by atoms with Crippen molar-refractivity contribution in [1.82, 2.24) is 15.6 Å². The van der Waals surface area contributed by atoms with Gasteiger partial charge in [0.15, 0.2) is 0 Å². The fourth-order valence-electron chi connectivity index (χ4n) is 4.19. The molecule has 0 fully saturated rings. The number of esters is 1. The van der Waals surface area contributed by atoms with E-state index in [-0.39, 0.29) is 37.3 Å². The maximum Gasteiger partial charge on any atom is 0.329 e. The van der Waals surface area contributed by atoms with E-state index < -0.39 is 23.7 Å². The normalized spacial score (nSPS) is 24.1. The molecule has 1 unspecified atom stereocenters. The molecule has 12 heteroatoms. The number of rotatable bonds is 6. The van der Waals surface area contributed by atoms with E-state index in [1.807, 2.05) is 44.2 Å². The molecule has 1 aromatic heterocycles. The number of carbonyl (C=O) groups excluding carboxylic acids is 3. The average molecular weight is 603 g/mol. The molecule has 0 radical (unpaired) electrons. The minimum Gasteiger partial charge on any atom is -0.456 e. The van der Waals surface area contributed by atoms with Crippen LogP contribution in [-0.4, -0.2) is 62.1 Å². The zero-order valence-electron chi connectivity index (χ0n) is 22.7. The molecule has 0 saturated heterocycles. The maximum absolute atomic E-state index is 13.5. The fraction of sp³-hybridized carbons (Fsp3) is 0.464. The maximum atomic E-state index is 13.5. The van der Waals surface area contributed by atoms with Gasteiger partial charge in [-0.25, -0.2) is 9.78 Å². The molecule has 2 aliphatic rings. The van der Waals surface area contributed by atoms with Crippen LogP contribution < -0.4 is 10.6 Å². The van der Waals surface area contributed by atoms with Gasteiger partial charge in [-0.15, -0.1) is 23.1 Å². The fourth-order valence-corrected chi connectivity index (χ4v) is 6.58. The van der Waals surface area contributed by atoms with E-state index >= 15 is 0 Å². The van der Waals surface area contributed by atoms with Crippen LogP contribution in [0.5, 0.6) is 0 Å². The third kappa shape index (κ3) is 7.15. The van der Waals surface area contributed by atoms with Crippen molar-refractivity contribution in [1.29, 1.82) is 0 Å². The molecule has 3 heterocycles. The van der Waals surface area contributed by atoms with E-state index in [0.717, 1.165) is 16.0 Å². The molecule has 4 bridgehead atoms. The third-order valence-corrected chi connectivity index (χ3v) is 9.17. The van der Waals surface area contributed by atoms with Gasteiger partial charge in [-0.05, 0) is 42.2 Å². The van der Waals surface area contributed by atoms with Crippen LogP contribution in [0.3, 0.4) is 0 Å². The van der Waals surface area contributed by atoms with Crippen LogP contribution in [0.15, 0.2) is 41.4 Å². The van der Waals surface area contributed by atoms with Gasteiger partial charge in [0, 0.05) is 5.75 Å². The number of hydrogen-bond donors (Lipinski definition) is 4. The van der Waals surface area contributed by atoms with E-state index in [1.165, 1.54) is 23.1 Å². The second kappa shape index (κ2) is 13.3. The highest BCUT2D eigenvalue weighted by Gasteiger charge is 2.42. The molecule has 0 spiro atoms. The minimum atomic E-state index is -1.10. The lowest BCUT2D eigenvalue weighted by molar-refractivity contribution is -0.153. The van der Waals surface area contributed by atoms with Gasteiger partial charge in [0.25, 0.3) is 0 Å². The van der Waals surface area contributed by atoms with Gasteiger partial charge in [-0.3, -0.25) is 14.6 Å². The number of amides is 2. The monoisotopic (exact) mass is 602 g/mol. The SMILES string of the molecule is CC(C)C1NC(=O)[C@]2(C)CSC(=N2)c2nc(sc2-c2ccc(CO)cc2)CNC(=O)C[C@@H](/C=C/CCS)OC1=O. The number of cyclic esters (lactones) is 1. The summed E-state index contributed by atoms with van der Waals surface area (Å²) in [5, 5.41) is 16.5. The van der Waals surface area contributed by atoms with E-state index in [4.69, 9.17) is 14.7 Å². The van der Waals surface area contributed by atoms with Gasteiger partial charge in [0.1, 0.15) is 33.4 Å². The molecule has 40 heavy (non-hydrogen) atoms. The summed E-state index contributed by atoms with van der Waals surface area (Å²) in [5.74, 6) is -0.515. The number of thiol groups is 1. The molecule has 0 aliphatic carbocycles. The molecular weight excluding hydrogens is 569 g/mol. The van der Waals surface area contributed by atoms with Crippen molar-refractivity contribution in [3.8, 4) is 10.4 Å². The van der Waals surface area contributed by atoms with Crippen molar-refractivity contribution in [2.24, 2.45) is 10.9 Å². The van der Waals surface area contributed by atoms with Crippen molar-refractivity contribution in [3.05, 3.63) is 52.7 Å². The van der Waals surface area contributed by atoms with Crippen molar-refractivity contribution >= 4 is 58.6 Å². The lowest BCUT2D eigenvalue weighted by Gasteiger charge is -2.27. The number of thioether (sulfide) groups is 1. The Morgan fingerprint density at radius 3 is 2.67 bits per heavy atom. The number of hydrogen-bond acceptors (Lipinski definition) is 10. The average Bonchev–Trinajstić information content (AvgIpc) is 3.54. The summed E-state index contributed by atoms with van der Waals surface area (Å²) in [6, 6.07) is 6.62. The Balaban J connectivity index is 1.74. The largest absolute Gasteiger partial charge is 0.456 e. The lowest BCUT2D eigenvalue weighted by Crippen LogP contribution is -2.53. The Bertz CT molecular complexity index is 1310. The summed E-state index contributed by atoms with van der Waals surface area (Å²) in [6.45, 7) is 5.54. The molecule has 4 rings (SSSR count). The molecule has 9 nitrogen and oxygen atoms in total. The molecule has 214 valence electrons. The number of thiazole rings is 1. The summed E-state index contributed by atoms with van der Waals surface area (Å²) < 4.78 is 5.73. The van der Waals surface area contributed by atoms with Crippen LogP contribution in [0, 0.1) is 5.92 Å². The number of aliphatic imine (C=N–C) groups is 1. The third-order valence-electron chi connectivity index (χ3n) is 6.54. The second-order valence-corrected chi connectivity index (χ2v) is 12.7. The minimum absolute atomic E-state index is 0.0580. The lowest BCUT2D eigenvalue weighted by atomic mass is 10.00. The van der Waals surface area contributed by atoms with Gasteiger partial charge in [-0.1, -0.05) is 44.2 Å². The zero-order valence-corrected chi connectivity index (χ0v) is 25.2. The molecule has 2 aliphatic heterocycles. The number of fused-ring (bicyclic) bond motifs is 4. The van der Waals surface area contributed by atoms with Crippen LogP contribution in [0.25, 0.3) is 10.4 Å². The smallest absolute Gasteiger partial charge is 0.329 e. The van der Waals surface area contributed by atoms with Gasteiger partial charge in [-0.2, -0.15) is 12.6 Å². The first-order chi connectivity index (χ1) is 19.1. The highest BCUT2D eigenvalue weighted by atomic mass is 32.2. The van der Waals surface area contributed by atoms with Crippen molar-refractivity contribution < 1.29 is 24.2 Å². The number of aliphatic hydroxyl groups excluding tert-OH is 1. The van der Waals surface area contributed by atoms with Crippen molar-refractivity contribution in [2.45, 2.75) is 64.4 Å². The van der Waals surface area contributed by atoms with Crippen molar-refractivity contribution in [2.75, 3.05) is 11.5 Å². The highest BCUT2D eigenvalue weighted by molar-refractivity contribution is 8.14. The van der Waals surface area contributed by atoms with E-state index in [9.17, 15) is 19.5 Å². The van der Waals surface area contributed by atoms with Crippen LogP contribution in [0.1, 0.15) is 49.9 Å². The van der Waals surface area contributed by atoms with Crippen LogP contribution in [0.4, 0.5) is 0 Å². The van der Waals surface area contributed by atoms with E-state index in [2.05, 4.69) is 23.3 Å². The quantitative estimate of drug-likeness (QED) is 0.226. The Hall–Kier alpha value is -2.67. The Morgan fingerprint density at radius 2 is 2.00 bits per heavy atom. The van der Waals surface area contributed by atoms with Crippen LogP contribution in [-0.2, 0) is 32.3 Å². The molecule has 2 aromatic rings. The number of benzene rings is 1. The molecule has 1 aromatic carbocycles. The summed E-state index contributed by atoms with van der Waals surface area (Å²) in [5.41, 5.74) is 1.23. The Morgan fingerprint density at radius 1 is 1.25 bits per heavy atom. The molecule has 3 N–H and O–H groups in total. The molecule has 3 atom stereocenters. The van der Waals surface area contributed by atoms with Gasteiger partial charge in [0.05, 0.1) is 24.4 Å². The standard InChI is InChI=1S/C28H34N4O5S3/c1-16(2)22-26(35)37-19(6-4-5-11-38)12-20(34)29-13-21-30-23(25-32-28(3,15-39-25)27(36)31-22)24(40-21)18-9-7-17(14-33)8-10-18/h4,6-10,16,19,22,33,38H,5,11-15H2,1-3H3,(H,29,34)(H,31,36)/b6-4+/t19-,22?,28+/m1/s1. The number of nitrogens with zero attached hydrogens (tertiary/aromatic N) is 2. The van der Waals surface area contributed by atoms with E-state index in [0.29, 0.717) is 33.7 Å². The first-order valence-electron chi connectivity index (χ1n) is 13.1. The number of allylic oxidation sites excluding steroid dienone is 1. The first-order valence-corrected chi connectivity index (χ1v) is 15.6. The number of aromatic nitrogens is 1.